The fraction of sp³-hybridized carbons (Fsp3) is 0.658. The van der Waals surface area contributed by atoms with E-state index in [1.807, 2.05) is 58.9 Å². The first-order chi connectivity index (χ1) is 23.5. The van der Waals surface area contributed by atoms with Gasteiger partial charge in [-0.3, -0.25) is 19.3 Å². The summed E-state index contributed by atoms with van der Waals surface area (Å²) in [4.78, 5) is 52.2. The molecule has 5 rings (SSSR count). The maximum atomic E-state index is 15.0. The first kappa shape index (κ1) is 37.0. The quantitative estimate of drug-likeness (QED) is 0.265. The lowest BCUT2D eigenvalue weighted by molar-refractivity contribution is -0.156. The lowest BCUT2D eigenvalue weighted by Gasteiger charge is -2.41. The zero-order chi connectivity index (χ0) is 35.5. The summed E-state index contributed by atoms with van der Waals surface area (Å²) < 4.78 is 18.2. The van der Waals surface area contributed by atoms with E-state index in [-0.39, 0.29) is 42.7 Å². The van der Waals surface area contributed by atoms with Gasteiger partial charge in [0, 0.05) is 45.0 Å². The Bertz CT molecular complexity index is 1370. The van der Waals surface area contributed by atoms with Gasteiger partial charge in [-0.2, -0.15) is 0 Å². The number of anilines is 1. The van der Waals surface area contributed by atoms with E-state index in [1.165, 1.54) is 0 Å². The molecule has 0 saturated carbocycles. The molecule has 4 aliphatic heterocycles. The van der Waals surface area contributed by atoms with Crippen molar-refractivity contribution >= 4 is 23.4 Å². The molecule has 1 spiro atoms. The molecule has 4 fully saturated rings. The van der Waals surface area contributed by atoms with Gasteiger partial charge in [0.05, 0.1) is 49.9 Å². The van der Waals surface area contributed by atoms with E-state index < -0.39 is 35.1 Å². The number of nitrogens with zero attached hydrogens (tertiary/aromatic N) is 4. The molecule has 49 heavy (non-hydrogen) atoms. The molecule has 2 bridgehead atoms. The van der Waals surface area contributed by atoms with E-state index in [2.05, 4.69) is 18.1 Å². The molecule has 3 unspecified atom stereocenters. The Morgan fingerprint density at radius 1 is 1.12 bits per heavy atom. The molecule has 11 heteroatoms. The van der Waals surface area contributed by atoms with Gasteiger partial charge in [-0.1, -0.05) is 39.3 Å². The van der Waals surface area contributed by atoms with Crippen molar-refractivity contribution in [3.63, 3.8) is 0 Å². The monoisotopic (exact) mass is 680 g/mol. The highest BCUT2D eigenvalue weighted by atomic mass is 16.5. The van der Waals surface area contributed by atoms with Gasteiger partial charge in [-0.15, -0.1) is 13.2 Å². The Kier molecular flexibility index (Phi) is 11.6. The van der Waals surface area contributed by atoms with Crippen molar-refractivity contribution in [2.45, 2.75) is 70.7 Å². The van der Waals surface area contributed by atoms with Crippen molar-refractivity contribution in [2.75, 3.05) is 70.6 Å². The number of morpholine rings is 1. The number of benzene rings is 1. The number of fused-ring (bicyclic) bond motifs is 1. The molecule has 1 aromatic carbocycles. The van der Waals surface area contributed by atoms with E-state index in [9.17, 15) is 9.90 Å². The normalized spacial score (nSPS) is 30.5. The Hall–Kier alpha value is -3.25. The first-order valence-electron chi connectivity index (χ1n) is 18.0. The molecule has 0 aromatic heterocycles. The standard InChI is InChI=1S/C38H56N4O7/c1-8-16-40(19-18-39-20-22-47-23-21-39)36(46)33-38-24-27(6)37(7,49-38)31(32(38)35(45)42(33)30(25-43)26(5)10-3)34(44)41(17-9-2)28-12-14-29(15-13-28)48-11-4/h8-9,12-15,26-27,30-33,43H,1-2,10-11,16-25H2,3-7H3/t26-,27?,30-,31+,32-,33?,37-,38?/m0/s1. The van der Waals surface area contributed by atoms with Crippen LogP contribution in [0.5, 0.6) is 5.75 Å². The molecule has 8 atom stereocenters. The molecular formula is C38H56N4O7. The number of carbonyl (C=O) groups excluding carboxylic acids is 3. The zero-order valence-electron chi connectivity index (χ0n) is 30.0. The van der Waals surface area contributed by atoms with Gasteiger partial charge in [0.15, 0.2) is 0 Å². The predicted molar refractivity (Wildman–Crippen MR) is 188 cm³/mol. The van der Waals surface area contributed by atoms with Gasteiger partial charge in [-0.05, 0) is 56.4 Å². The van der Waals surface area contributed by atoms with Crippen LogP contribution in [0.25, 0.3) is 0 Å². The number of amides is 3. The van der Waals surface area contributed by atoms with Crippen LogP contribution in [-0.4, -0.2) is 127 Å². The summed E-state index contributed by atoms with van der Waals surface area (Å²) in [5, 5.41) is 10.8. The minimum absolute atomic E-state index is 0.0961. The number of aliphatic hydroxyl groups is 1. The third-order valence-corrected chi connectivity index (χ3v) is 11.6. The van der Waals surface area contributed by atoms with Gasteiger partial charge in [0.2, 0.25) is 17.7 Å². The molecule has 11 nitrogen and oxygen atoms in total. The van der Waals surface area contributed by atoms with Crippen molar-refractivity contribution in [3.8, 4) is 5.75 Å². The number of hydrogen-bond donors (Lipinski definition) is 1. The van der Waals surface area contributed by atoms with Crippen LogP contribution in [0, 0.1) is 23.7 Å². The summed E-state index contributed by atoms with van der Waals surface area (Å²) in [6.45, 7) is 22.5. The maximum Gasteiger partial charge on any atom is 0.248 e. The van der Waals surface area contributed by atoms with Crippen LogP contribution in [0.15, 0.2) is 49.6 Å². The summed E-state index contributed by atoms with van der Waals surface area (Å²) in [5.41, 5.74) is -1.57. The number of rotatable bonds is 16. The van der Waals surface area contributed by atoms with Gasteiger partial charge in [0.1, 0.15) is 17.4 Å². The number of likely N-dealkylation sites (tertiary alicyclic amines) is 1. The van der Waals surface area contributed by atoms with Crippen molar-refractivity contribution in [3.05, 3.63) is 49.6 Å². The Labute approximate surface area is 291 Å². The van der Waals surface area contributed by atoms with Crippen molar-refractivity contribution in [1.29, 1.82) is 0 Å². The molecule has 4 heterocycles. The minimum atomic E-state index is -1.24. The Morgan fingerprint density at radius 3 is 2.39 bits per heavy atom. The summed E-state index contributed by atoms with van der Waals surface area (Å²) in [6, 6.07) is 5.71. The van der Waals surface area contributed by atoms with Gasteiger partial charge >= 0.3 is 0 Å². The molecule has 1 aromatic rings. The molecule has 1 N–H and O–H groups in total. The SMILES string of the molecule is C=CCN(CCN1CCOCC1)C(=O)C1N([C@@H](CO)[C@@H](C)CC)C(=O)[C@@H]2[C@H](C(=O)N(CC=C)c3ccc(OCC)cc3)[C@@]3(C)OC12CC3C. The van der Waals surface area contributed by atoms with E-state index in [0.717, 1.165) is 13.1 Å². The van der Waals surface area contributed by atoms with Crippen molar-refractivity contribution in [1.82, 2.24) is 14.7 Å². The Balaban J connectivity index is 1.57. The Morgan fingerprint density at radius 2 is 1.80 bits per heavy atom. The van der Waals surface area contributed by atoms with Crippen LogP contribution < -0.4 is 9.64 Å². The second kappa shape index (κ2) is 15.3. The lowest BCUT2D eigenvalue weighted by atomic mass is 9.62. The summed E-state index contributed by atoms with van der Waals surface area (Å²) in [5.74, 6) is -2.05. The van der Waals surface area contributed by atoms with Crippen molar-refractivity contribution < 1.29 is 33.7 Å². The zero-order valence-corrected chi connectivity index (χ0v) is 30.0. The largest absolute Gasteiger partial charge is 0.494 e. The predicted octanol–water partition coefficient (Wildman–Crippen LogP) is 3.37. The highest BCUT2D eigenvalue weighted by Gasteiger charge is 2.80. The fourth-order valence-corrected chi connectivity index (χ4v) is 8.72. The third kappa shape index (κ3) is 6.55. The van der Waals surface area contributed by atoms with Crippen molar-refractivity contribution in [2.24, 2.45) is 23.7 Å². The summed E-state index contributed by atoms with van der Waals surface area (Å²) >= 11 is 0. The number of carbonyl (C=O) groups is 3. The van der Waals surface area contributed by atoms with Gasteiger partial charge < -0.3 is 34.0 Å². The first-order valence-corrected chi connectivity index (χ1v) is 18.0. The highest BCUT2D eigenvalue weighted by molar-refractivity contribution is 6.03. The van der Waals surface area contributed by atoms with E-state index in [0.29, 0.717) is 63.7 Å². The van der Waals surface area contributed by atoms with E-state index in [1.54, 1.807) is 26.9 Å². The van der Waals surface area contributed by atoms with Crippen LogP contribution in [0.4, 0.5) is 5.69 Å². The third-order valence-electron chi connectivity index (χ3n) is 11.6. The molecule has 0 radical (unpaired) electrons. The average molecular weight is 681 g/mol. The minimum Gasteiger partial charge on any atom is -0.494 e. The molecular weight excluding hydrogens is 624 g/mol. The highest BCUT2D eigenvalue weighted by Crippen LogP contribution is 2.66. The van der Waals surface area contributed by atoms with Crippen LogP contribution in [0.3, 0.4) is 0 Å². The molecule has 3 amide bonds. The topological polar surface area (TPSA) is 112 Å². The second-order valence-electron chi connectivity index (χ2n) is 14.3. The van der Waals surface area contributed by atoms with E-state index in [4.69, 9.17) is 14.2 Å². The molecule has 270 valence electrons. The summed E-state index contributed by atoms with van der Waals surface area (Å²) in [7, 11) is 0. The lowest BCUT2D eigenvalue weighted by Crippen LogP contribution is -2.60. The van der Waals surface area contributed by atoms with Crippen LogP contribution >= 0.6 is 0 Å². The van der Waals surface area contributed by atoms with Crippen LogP contribution in [0.2, 0.25) is 0 Å². The number of hydrogen-bond acceptors (Lipinski definition) is 8. The molecule has 0 aliphatic carbocycles. The smallest absolute Gasteiger partial charge is 0.248 e. The summed E-state index contributed by atoms with van der Waals surface area (Å²) in [6.07, 6.45) is 4.53. The maximum absolute atomic E-state index is 15.0. The average Bonchev–Trinajstić information content (AvgIpc) is 3.62. The fourth-order valence-electron chi connectivity index (χ4n) is 8.72. The molecule has 4 aliphatic rings. The van der Waals surface area contributed by atoms with Crippen LogP contribution in [-0.2, 0) is 23.9 Å². The number of aliphatic hydroxyl groups excluding tert-OH is 1. The van der Waals surface area contributed by atoms with Gasteiger partial charge in [0.25, 0.3) is 0 Å². The second-order valence-corrected chi connectivity index (χ2v) is 14.3. The van der Waals surface area contributed by atoms with Gasteiger partial charge in [-0.25, -0.2) is 0 Å². The van der Waals surface area contributed by atoms with Crippen LogP contribution in [0.1, 0.15) is 47.5 Å². The van der Waals surface area contributed by atoms with E-state index >= 15 is 9.59 Å². The molecule has 4 saturated heterocycles. The number of ether oxygens (including phenoxy) is 3.